The molecule has 1 rings (SSSR count). The Bertz CT molecular complexity index is 525. The van der Waals surface area contributed by atoms with Crippen LogP contribution in [0.5, 0.6) is 5.75 Å². The summed E-state index contributed by atoms with van der Waals surface area (Å²) < 4.78 is 5.34. The lowest BCUT2D eigenvalue weighted by atomic mass is 10.1. The molecule has 0 aromatic heterocycles. The zero-order valence-corrected chi connectivity index (χ0v) is 13.6. The number of allylic oxidation sites excluding steroid dienone is 4. The maximum absolute atomic E-state index is 11.8. The number of ether oxygens (including phenoxy) is 1. The van der Waals surface area contributed by atoms with Gasteiger partial charge in [-0.15, -0.1) is 0 Å². The number of nitrogens with one attached hydrogen (secondary N) is 1. The predicted octanol–water partition coefficient (Wildman–Crippen LogP) is 4.03. The quantitative estimate of drug-likeness (QED) is 0.581. The first-order chi connectivity index (χ1) is 10.6. The lowest BCUT2D eigenvalue weighted by molar-refractivity contribution is -0.120. The Balaban J connectivity index is 2.32. The monoisotopic (exact) mass is 299 g/mol. The van der Waals surface area contributed by atoms with Crippen molar-refractivity contribution in [3.8, 4) is 5.75 Å². The second kappa shape index (κ2) is 10.4. The number of benzene rings is 1. The molecule has 0 spiro atoms. The number of carbonyl (C=O) groups excluding carboxylic acids is 1. The molecule has 1 amide bonds. The number of rotatable bonds is 8. The minimum Gasteiger partial charge on any atom is -0.465 e. The molecule has 0 bridgehead atoms. The summed E-state index contributed by atoms with van der Waals surface area (Å²) in [5.74, 6) is 1.32. The van der Waals surface area contributed by atoms with Crippen molar-refractivity contribution in [2.45, 2.75) is 27.2 Å². The van der Waals surface area contributed by atoms with E-state index in [1.807, 2.05) is 55.5 Å². The van der Waals surface area contributed by atoms with Crippen molar-refractivity contribution in [2.75, 3.05) is 6.54 Å². The van der Waals surface area contributed by atoms with Crippen LogP contribution in [0.25, 0.3) is 0 Å². The van der Waals surface area contributed by atoms with Crippen LogP contribution >= 0.6 is 0 Å². The van der Waals surface area contributed by atoms with Crippen molar-refractivity contribution in [1.29, 1.82) is 0 Å². The van der Waals surface area contributed by atoms with Crippen LogP contribution in [-0.4, -0.2) is 12.5 Å². The fraction of sp³-hybridized carbons (Fsp3) is 0.316. The fourth-order valence-corrected chi connectivity index (χ4v) is 1.69. The lowest BCUT2D eigenvalue weighted by Gasteiger charge is -2.04. The number of hydrogen-bond donors (Lipinski definition) is 1. The third kappa shape index (κ3) is 8.10. The summed E-state index contributed by atoms with van der Waals surface area (Å²) >= 11 is 0. The van der Waals surface area contributed by atoms with Crippen molar-refractivity contribution in [1.82, 2.24) is 5.32 Å². The second-order valence-electron chi connectivity index (χ2n) is 5.27. The summed E-state index contributed by atoms with van der Waals surface area (Å²) in [4.78, 5) is 11.8. The molecule has 0 atom stereocenters. The van der Waals surface area contributed by atoms with Crippen LogP contribution in [0, 0.1) is 5.92 Å². The van der Waals surface area contributed by atoms with Crippen LogP contribution in [-0.2, 0) is 11.2 Å². The van der Waals surface area contributed by atoms with Gasteiger partial charge in [0.05, 0.1) is 12.7 Å². The first kappa shape index (κ1) is 17.8. The maximum atomic E-state index is 11.8. The molecule has 0 unspecified atom stereocenters. The molecule has 0 radical (unpaired) electrons. The van der Waals surface area contributed by atoms with Crippen molar-refractivity contribution < 1.29 is 9.53 Å². The Hall–Kier alpha value is -2.29. The van der Waals surface area contributed by atoms with Gasteiger partial charge in [-0.3, -0.25) is 4.79 Å². The average molecular weight is 299 g/mol. The van der Waals surface area contributed by atoms with Gasteiger partial charge in [0, 0.05) is 6.54 Å². The van der Waals surface area contributed by atoms with E-state index in [-0.39, 0.29) is 5.91 Å². The van der Waals surface area contributed by atoms with E-state index < -0.39 is 0 Å². The molecular formula is C19H25NO2. The summed E-state index contributed by atoms with van der Waals surface area (Å²) in [6.45, 7) is 6.69. The number of hydrogen-bond acceptors (Lipinski definition) is 2. The standard InChI is InChI=1S/C19H25NO2/c1-4-14-22-18-11-9-17(10-12-18)15-19(21)20-13-7-5-6-8-16(2)3/h4-12,14,16H,13,15H2,1-3H3,(H,20,21)/b7-5-,8-6-,14-4+. The third-order valence-corrected chi connectivity index (χ3v) is 2.79. The molecule has 3 nitrogen and oxygen atoms in total. The fourth-order valence-electron chi connectivity index (χ4n) is 1.69. The largest absolute Gasteiger partial charge is 0.465 e. The van der Waals surface area contributed by atoms with Crippen LogP contribution in [0.2, 0.25) is 0 Å². The second-order valence-corrected chi connectivity index (χ2v) is 5.27. The smallest absolute Gasteiger partial charge is 0.224 e. The van der Waals surface area contributed by atoms with E-state index in [4.69, 9.17) is 4.74 Å². The van der Waals surface area contributed by atoms with Gasteiger partial charge >= 0.3 is 0 Å². The molecule has 1 aromatic rings. The highest BCUT2D eigenvalue weighted by molar-refractivity contribution is 5.78. The van der Waals surface area contributed by atoms with Gasteiger partial charge in [0.15, 0.2) is 0 Å². The number of amides is 1. The zero-order chi connectivity index (χ0) is 16.2. The van der Waals surface area contributed by atoms with E-state index in [9.17, 15) is 4.79 Å². The van der Waals surface area contributed by atoms with Crippen molar-refractivity contribution >= 4 is 5.91 Å². The Morgan fingerprint density at radius 2 is 1.95 bits per heavy atom. The van der Waals surface area contributed by atoms with Gasteiger partial charge in [-0.2, -0.15) is 0 Å². The van der Waals surface area contributed by atoms with Gasteiger partial charge in [0.1, 0.15) is 5.75 Å². The molecule has 118 valence electrons. The highest BCUT2D eigenvalue weighted by Gasteiger charge is 2.02. The predicted molar refractivity (Wildman–Crippen MR) is 91.7 cm³/mol. The van der Waals surface area contributed by atoms with Gasteiger partial charge in [-0.25, -0.2) is 0 Å². The molecule has 0 saturated carbocycles. The van der Waals surface area contributed by atoms with Crippen LogP contribution in [0.4, 0.5) is 0 Å². The highest BCUT2D eigenvalue weighted by Crippen LogP contribution is 2.12. The molecule has 1 aromatic carbocycles. The van der Waals surface area contributed by atoms with Crippen LogP contribution in [0.3, 0.4) is 0 Å². The molecule has 0 fully saturated rings. The van der Waals surface area contributed by atoms with E-state index in [0.29, 0.717) is 18.9 Å². The number of carbonyl (C=O) groups is 1. The molecule has 22 heavy (non-hydrogen) atoms. The van der Waals surface area contributed by atoms with E-state index in [0.717, 1.165) is 11.3 Å². The van der Waals surface area contributed by atoms with Crippen LogP contribution in [0.1, 0.15) is 26.3 Å². The lowest BCUT2D eigenvalue weighted by Crippen LogP contribution is -2.24. The summed E-state index contributed by atoms with van der Waals surface area (Å²) in [6.07, 6.45) is 11.8. The molecule has 0 heterocycles. The van der Waals surface area contributed by atoms with Gasteiger partial charge in [-0.05, 0) is 30.5 Å². The van der Waals surface area contributed by atoms with E-state index >= 15 is 0 Å². The third-order valence-electron chi connectivity index (χ3n) is 2.79. The Morgan fingerprint density at radius 1 is 1.23 bits per heavy atom. The Morgan fingerprint density at radius 3 is 2.59 bits per heavy atom. The Kier molecular flexibility index (Phi) is 8.43. The minimum atomic E-state index is 0.0135. The van der Waals surface area contributed by atoms with Gasteiger partial charge in [-0.1, -0.05) is 56.4 Å². The van der Waals surface area contributed by atoms with Crippen molar-refractivity contribution in [3.05, 3.63) is 66.5 Å². The van der Waals surface area contributed by atoms with Crippen LogP contribution < -0.4 is 10.1 Å². The SMILES string of the molecule is C/C=C/Oc1ccc(CC(=O)NC/C=C\C=C/C(C)C)cc1. The minimum absolute atomic E-state index is 0.0135. The van der Waals surface area contributed by atoms with Crippen molar-refractivity contribution in [2.24, 2.45) is 5.92 Å². The molecular weight excluding hydrogens is 274 g/mol. The average Bonchev–Trinajstić information content (AvgIpc) is 2.50. The Labute approximate surface area is 133 Å². The molecule has 0 aliphatic heterocycles. The topological polar surface area (TPSA) is 38.3 Å². The van der Waals surface area contributed by atoms with Crippen molar-refractivity contribution in [3.63, 3.8) is 0 Å². The van der Waals surface area contributed by atoms with Gasteiger partial charge in [0.2, 0.25) is 5.91 Å². The first-order valence-corrected chi connectivity index (χ1v) is 7.58. The van der Waals surface area contributed by atoms with E-state index in [2.05, 4.69) is 25.2 Å². The van der Waals surface area contributed by atoms with E-state index in [1.54, 1.807) is 6.26 Å². The summed E-state index contributed by atoms with van der Waals surface area (Å²) in [5, 5.41) is 2.87. The summed E-state index contributed by atoms with van der Waals surface area (Å²) in [6, 6.07) is 7.53. The zero-order valence-electron chi connectivity index (χ0n) is 13.6. The molecule has 0 saturated heterocycles. The van der Waals surface area contributed by atoms with E-state index in [1.165, 1.54) is 0 Å². The van der Waals surface area contributed by atoms with Gasteiger partial charge in [0.25, 0.3) is 0 Å². The summed E-state index contributed by atoms with van der Waals surface area (Å²) in [5.41, 5.74) is 0.967. The maximum Gasteiger partial charge on any atom is 0.224 e. The normalized spacial score (nSPS) is 11.8. The molecule has 0 aliphatic rings. The highest BCUT2D eigenvalue weighted by atomic mass is 16.5. The summed E-state index contributed by atoms with van der Waals surface area (Å²) in [7, 11) is 0. The molecule has 0 aliphatic carbocycles. The molecule has 3 heteroatoms. The van der Waals surface area contributed by atoms with Crippen LogP contribution in [0.15, 0.2) is 60.9 Å². The van der Waals surface area contributed by atoms with Gasteiger partial charge < -0.3 is 10.1 Å². The first-order valence-electron chi connectivity index (χ1n) is 7.58. The molecule has 1 N–H and O–H groups in total.